The van der Waals surface area contributed by atoms with E-state index in [1.807, 2.05) is 4.90 Å². The molecule has 0 saturated carbocycles. The Hall–Kier alpha value is -1.03. The highest BCUT2D eigenvalue weighted by Gasteiger charge is 2.28. The van der Waals surface area contributed by atoms with Crippen molar-refractivity contribution in [2.24, 2.45) is 18.9 Å². The number of hydrogen-bond acceptors (Lipinski definition) is 2. The van der Waals surface area contributed by atoms with Gasteiger partial charge in [0.2, 0.25) is 0 Å². The summed E-state index contributed by atoms with van der Waals surface area (Å²) >= 11 is 6.05. The molecular formula is C12H18ClN3O. The molecule has 94 valence electrons. The van der Waals surface area contributed by atoms with Crippen LogP contribution in [-0.4, -0.2) is 33.7 Å². The van der Waals surface area contributed by atoms with Crippen LogP contribution in [0.3, 0.4) is 0 Å². The summed E-state index contributed by atoms with van der Waals surface area (Å²) in [6.07, 6.45) is 2.74. The Kier molecular flexibility index (Phi) is 3.43. The van der Waals surface area contributed by atoms with Crippen molar-refractivity contribution in [3.05, 3.63) is 16.9 Å². The van der Waals surface area contributed by atoms with Crippen molar-refractivity contribution in [1.29, 1.82) is 0 Å². The third-order valence-electron chi connectivity index (χ3n) is 3.25. The van der Waals surface area contributed by atoms with Crippen LogP contribution in [0.5, 0.6) is 0 Å². The molecule has 2 atom stereocenters. The lowest BCUT2D eigenvalue weighted by Gasteiger charge is -2.34. The monoisotopic (exact) mass is 255 g/mol. The number of rotatable bonds is 1. The number of carbonyl (C=O) groups is 1. The summed E-state index contributed by atoms with van der Waals surface area (Å²) in [4.78, 5) is 14.2. The fraction of sp³-hybridized carbons (Fsp3) is 0.667. The van der Waals surface area contributed by atoms with Crippen molar-refractivity contribution in [2.75, 3.05) is 13.1 Å². The standard InChI is InChI=1S/C12H18ClN3O/c1-8-4-9(2)7-16(6-8)12(17)10-5-14-15(3)11(10)13/h5,8-9H,4,6-7H2,1-3H3/t8-,9-/m1/s1. The fourth-order valence-corrected chi connectivity index (χ4v) is 2.74. The summed E-state index contributed by atoms with van der Waals surface area (Å²) in [7, 11) is 1.74. The van der Waals surface area contributed by atoms with Crippen LogP contribution in [0, 0.1) is 11.8 Å². The number of carbonyl (C=O) groups excluding carboxylic acids is 1. The first-order valence-corrected chi connectivity index (χ1v) is 6.33. The van der Waals surface area contributed by atoms with Gasteiger partial charge in [0.25, 0.3) is 5.91 Å². The topological polar surface area (TPSA) is 38.1 Å². The van der Waals surface area contributed by atoms with Gasteiger partial charge in [0.15, 0.2) is 0 Å². The van der Waals surface area contributed by atoms with Crippen LogP contribution in [0.15, 0.2) is 6.20 Å². The van der Waals surface area contributed by atoms with Gasteiger partial charge in [-0.1, -0.05) is 25.4 Å². The van der Waals surface area contributed by atoms with E-state index in [4.69, 9.17) is 11.6 Å². The van der Waals surface area contributed by atoms with E-state index < -0.39 is 0 Å². The highest BCUT2D eigenvalue weighted by Crippen LogP contribution is 2.24. The van der Waals surface area contributed by atoms with Gasteiger partial charge in [-0.2, -0.15) is 5.10 Å². The molecule has 1 aromatic rings. The molecule has 0 aliphatic carbocycles. The molecule has 2 heterocycles. The van der Waals surface area contributed by atoms with Crippen LogP contribution in [-0.2, 0) is 7.05 Å². The summed E-state index contributed by atoms with van der Waals surface area (Å²) < 4.78 is 1.52. The molecular weight excluding hydrogens is 238 g/mol. The number of piperidine rings is 1. The molecule has 1 aromatic heterocycles. The molecule has 0 radical (unpaired) electrons. The predicted octanol–water partition coefficient (Wildman–Crippen LogP) is 2.19. The molecule has 0 bridgehead atoms. The first-order chi connectivity index (χ1) is 7.99. The van der Waals surface area contributed by atoms with Gasteiger partial charge in [0, 0.05) is 20.1 Å². The normalized spacial score (nSPS) is 25.1. The van der Waals surface area contributed by atoms with E-state index in [9.17, 15) is 4.79 Å². The number of aryl methyl sites for hydroxylation is 1. The number of aromatic nitrogens is 2. The Morgan fingerprint density at radius 2 is 2.00 bits per heavy atom. The van der Waals surface area contributed by atoms with E-state index >= 15 is 0 Å². The average molecular weight is 256 g/mol. The summed E-state index contributed by atoms with van der Waals surface area (Å²) in [6, 6.07) is 0. The number of nitrogens with zero attached hydrogens (tertiary/aromatic N) is 3. The number of hydrogen-bond donors (Lipinski definition) is 0. The molecule has 1 aliphatic rings. The Labute approximate surface area is 107 Å². The highest BCUT2D eigenvalue weighted by molar-refractivity contribution is 6.32. The van der Waals surface area contributed by atoms with Gasteiger partial charge >= 0.3 is 0 Å². The quantitative estimate of drug-likeness (QED) is 0.772. The van der Waals surface area contributed by atoms with E-state index in [0.717, 1.165) is 13.1 Å². The van der Waals surface area contributed by atoms with E-state index in [0.29, 0.717) is 22.6 Å². The molecule has 0 spiro atoms. The van der Waals surface area contributed by atoms with Crippen molar-refractivity contribution in [3.63, 3.8) is 0 Å². The van der Waals surface area contributed by atoms with Crippen molar-refractivity contribution in [2.45, 2.75) is 20.3 Å². The average Bonchev–Trinajstić information content (AvgIpc) is 2.57. The van der Waals surface area contributed by atoms with Crippen molar-refractivity contribution >= 4 is 17.5 Å². The molecule has 0 N–H and O–H groups in total. The highest BCUT2D eigenvalue weighted by atomic mass is 35.5. The molecule has 0 aromatic carbocycles. The van der Waals surface area contributed by atoms with Gasteiger partial charge in [-0.25, -0.2) is 0 Å². The first-order valence-electron chi connectivity index (χ1n) is 5.95. The van der Waals surface area contributed by atoms with Crippen molar-refractivity contribution in [1.82, 2.24) is 14.7 Å². The van der Waals surface area contributed by atoms with Gasteiger partial charge in [0.05, 0.1) is 11.8 Å². The van der Waals surface area contributed by atoms with Gasteiger partial charge < -0.3 is 4.90 Å². The molecule has 4 nitrogen and oxygen atoms in total. The molecule has 17 heavy (non-hydrogen) atoms. The fourth-order valence-electron chi connectivity index (χ4n) is 2.57. The van der Waals surface area contributed by atoms with E-state index in [2.05, 4.69) is 18.9 Å². The third kappa shape index (κ3) is 2.46. The summed E-state index contributed by atoms with van der Waals surface area (Å²) in [5.41, 5.74) is 0.510. The molecule has 1 fully saturated rings. The molecule has 1 saturated heterocycles. The first kappa shape index (κ1) is 12.4. The summed E-state index contributed by atoms with van der Waals surface area (Å²) in [5.74, 6) is 1.11. The molecule has 0 unspecified atom stereocenters. The van der Waals surface area contributed by atoms with Gasteiger partial charge in [0.1, 0.15) is 5.15 Å². The number of likely N-dealkylation sites (tertiary alicyclic amines) is 1. The van der Waals surface area contributed by atoms with Crippen LogP contribution < -0.4 is 0 Å². The Bertz CT molecular complexity index is 419. The minimum absolute atomic E-state index is 0.00139. The Balaban J connectivity index is 2.17. The number of amides is 1. The zero-order chi connectivity index (χ0) is 12.6. The molecule has 1 amide bonds. The lowest BCUT2D eigenvalue weighted by molar-refractivity contribution is 0.0623. The van der Waals surface area contributed by atoms with Crippen molar-refractivity contribution in [3.8, 4) is 0 Å². The van der Waals surface area contributed by atoms with Gasteiger partial charge in [-0.3, -0.25) is 9.48 Å². The maximum Gasteiger partial charge on any atom is 0.258 e. The summed E-state index contributed by atoms with van der Waals surface area (Å²) in [5, 5.41) is 4.42. The van der Waals surface area contributed by atoms with Gasteiger partial charge in [-0.15, -0.1) is 0 Å². The molecule has 1 aliphatic heterocycles. The molecule has 5 heteroatoms. The van der Waals surface area contributed by atoms with Crippen LogP contribution >= 0.6 is 11.6 Å². The maximum absolute atomic E-state index is 12.3. The van der Waals surface area contributed by atoms with Crippen LogP contribution in [0.2, 0.25) is 5.15 Å². The second-order valence-electron chi connectivity index (χ2n) is 5.13. The minimum atomic E-state index is 0.00139. The van der Waals surface area contributed by atoms with Crippen LogP contribution in [0.25, 0.3) is 0 Å². The SMILES string of the molecule is C[C@@H]1C[C@@H](C)CN(C(=O)c2cnn(C)c2Cl)C1. The van der Waals surface area contributed by atoms with E-state index in [-0.39, 0.29) is 5.91 Å². The zero-order valence-electron chi connectivity index (χ0n) is 10.5. The second-order valence-corrected chi connectivity index (χ2v) is 5.49. The molecule has 2 rings (SSSR count). The third-order valence-corrected chi connectivity index (χ3v) is 3.70. The van der Waals surface area contributed by atoms with Crippen molar-refractivity contribution < 1.29 is 4.79 Å². The second kappa shape index (κ2) is 4.69. The Morgan fingerprint density at radius 3 is 2.47 bits per heavy atom. The van der Waals surface area contributed by atoms with E-state index in [1.54, 1.807) is 13.2 Å². The Morgan fingerprint density at radius 1 is 1.41 bits per heavy atom. The number of halogens is 1. The van der Waals surface area contributed by atoms with E-state index in [1.165, 1.54) is 11.1 Å². The smallest absolute Gasteiger partial charge is 0.258 e. The lowest BCUT2D eigenvalue weighted by Crippen LogP contribution is -2.42. The largest absolute Gasteiger partial charge is 0.338 e. The maximum atomic E-state index is 12.3. The van der Waals surface area contributed by atoms with Crippen LogP contribution in [0.4, 0.5) is 0 Å². The lowest BCUT2D eigenvalue weighted by atomic mass is 9.91. The zero-order valence-corrected chi connectivity index (χ0v) is 11.2. The summed E-state index contributed by atoms with van der Waals surface area (Å²) in [6.45, 7) is 5.99. The minimum Gasteiger partial charge on any atom is -0.338 e. The van der Waals surface area contributed by atoms with Crippen LogP contribution in [0.1, 0.15) is 30.6 Å². The predicted molar refractivity (Wildman–Crippen MR) is 67.1 cm³/mol. The van der Waals surface area contributed by atoms with Gasteiger partial charge in [-0.05, 0) is 18.3 Å².